The Morgan fingerprint density at radius 1 is 1.50 bits per heavy atom. The Kier molecular flexibility index (Phi) is 3.22. The lowest BCUT2D eigenvalue weighted by molar-refractivity contribution is -0.0646. The number of allylic oxidation sites excluding steroid dienone is 1. The minimum Gasteiger partial charge on any atom is -0.495 e. The monoisotopic (exact) mass is 199 g/mol. The van der Waals surface area contributed by atoms with Gasteiger partial charge in [-0.1, -0.05) is 20.8 Å². The van der Waals surface area contributed by atoms with Crippen LogP contribution in [-0.2, 0) is 4.74 Å². The molecule has 82 valence electrons. The minimum atomic E-state index is -1.03. The SMILES string of the molecule is CC(C)(C)C(O)(CN)C1=CCCCO1. The first kappa shape index (κ1) is 11.5. The van der Waals surface area contributed by atoms with Crippen molar-refractivity contribution in [3.05, 3.63) is 11.8 Å². The molecule has 3 N–H and O–H groups in total. The molecule has 3 heteroatoms. The maximum Gasteiger partial charge on any atom is 0.138 e. The van der Waals surface area contributed by atoms with Crippen LogP contribution < -0.4 is 5.73 Å². The van der Waals surface area contributed by atoms with Crippen LogP contribution >= 0.6 is 0 Å². The van der Waals surface area contributed by atoms with E-state index in [1.165, 1.54) is 0 Å². The van der Waals surface area contributed by atoms with Gasteiger partial charge in [-0.05, 0) is 24.3 Å². The summed E-state index contributed by atoms with van der Waals surface area (Å²) in [5, 5.41) is 10.5. The van der Waals surface area contributed by atoms with Gasteiger partial charge in [-0.25, -0.2) is 0 Å². The molecule has 1 aliphatic heterocycles. The summed E-state index contributed by atoms with van der Waals surface area (Å²) in [6.07, 6.45) is 3.95. The molecule has 0 saturated carbocycles. The van der Waals surface area contributed by atoms with Crippen LogP contribution in [-0.4, -0.2) is 23.9 Å². The van der Waals surface area contributed by atoms with Crippen molar-refractivity contribution >= 4 is 0 Å². The highest BCUT2D eigenvalue weighted by Crippen LogP contribution is 2.37. The Balaban J connectivity index is 2.94. The molecule has 0 amide bonds. The molecule has 1 unspecified atom stereocenters. The molecular weight excluding hydrogens is 178 g/mol. The van der Waals surface area contributed by atoms with Gasteiger partial charge in [0.2, 0.25) is 0 Å². The van der Waals surface area contributed by atoms with E-state index in [0.29, 0.717) is 12.4 Å². The third-order valence-electron chi connectivity index (χ3n) is 2.88. The average Bonchev–Trinajstić information content (AvgIpc) is 2.16. The number of rotatable bonds is 2. The second-order valence-corrected chi connectivity index (χ2v) is 4.87. The lowest BCUT2D eigenvalue weighted by atomic mass is 9.74. The number of ether oxygens (including phenoxy) is 1. The molecule has 1 atom stereocenters. The largest absolute Gasteiger partial charge is 0.495 e. The zero-order valence-corrected chi connectivity index (χ0v) is 9.34. The highest BCUT2D eigenvalue weighted by molar-refractivity contribution is 5.17. The second-order valence-electron chi connectivity index (χ2n) is 4.87. The molecular formula is C11H21NO2. The zero-order valence-electron chi connectivity index (χ0n) is 9.34. The van der Waals surface area contributed by atoms with Gasteiger partial charge in [-0.2, -0.15) is 0 Å². The van der Waals surface area contributed by atoms with Gasteiger partial charge in [0, 0.05) is 6.54 Å². The predicted octanol–water partition coefficient (Wildman–Crippen LogP) is 1.42. The summed E-state index contributed by atoms with van der Waals surface area (Å²) < 4.78 is 5.49. The lowest BCUT2D eigenvalue weighted by Gasteiger charge is -2.41. The van der Waals surface area contributed by atoms with Crippen molar-refractivity contribution in [2.24, 2.45) is 11.1 Å². The fraction of sp³-hybridized carbons (Fsp3) is 0.818. The first-order chi connectivity index (χ1) is 6.42. The van der Waals surface area contributed by atoms with Crippen LogP contribution in [0.4, 0.5) is 0 Å². The number of aliphatic hydroxyl groups is 1. The standard InChI is InChI=1S/C11H21NO2/c1-10(2,3)11(13,8-12)9-6-4-5-7-14-9/h6,13H,4-5,7-8,12H2,1-3H3. The third-order valence-corrected chi connectivity index (χ3v) is 2.88. The highest BCUT2D eigenvalue weighted by Gasteiger charge is 2.44. The van der Waals surface area contributed by atoms with Gasteiger partial charge < -0.3 is 15.6 Å². The molecule has 1 heterocycles. The molecule has 1 rings (SSSR count). The van der Waals surface area contributed by atoms with E-state index in [4.69, 9.17) is 10.5 Å². The molecule has 0 aromatic rings. The molecule has 3 nitrogen and oxygen atoms in total. The molecule has 0 bridgehead atoms. The lowest BCUT2D eigenvalue weighted by Crippen LogP contribution is -2.51. The minimum absolute atomic E-state index is 0.197. The normalized spacial score (nSPS) is 22.2. The summed E-state index contributed by atoms with van der Waals surface area (Å²) in [4.78, 5) is 0. The maximum absolute atomic E-state index is 10.5. The first-order valence-corrected chi connectivity index (χ1v) is 5.18. The number of hydrogen-bond acceptors (Lipinski definition) is 3. The molecule has 1 aliphatic rings. The summed E-state index contributed by atoms with van der Waals surface area (Å²) in [5.41, 5.74) is 4.32. The van der Waals surface area contributed by atoms with Crippen LogP contribution in [0.3, 0.4) is 0 Å². The first-order valence-electron chi connectivity index (χ1n) is 5.18. The molecule has 0 saturated heterocycles. The van der Waals surface area contributed by atoms with Crippen LogP contribution in [0.1, 0.15) is 33.6 Å². The maximum atomic E-state index is 10.5. The molecule has 0 aliphatic carbocycles. The Labute approximate surface area is 85.9 Å². The summed E-state index contributed by atoms with van der Waals surface area (Å²) in [7, 11) is 0. The van der Waals surface area contributed by atoms with E-state index in [2.05, 4.69) is 0 Å². The highest BCUT2D eigenvalue weighted by atomic mass is 16.5. The van der Waals surface area contributed by atoms with E-state index < -0.39 is 5.60 Å². The predicted molar refractivity (Wildman–Crippen MR) is 56.7 cm³/mol. The number of nitrogens with two attached hydrogens (primary N) is 1. The summed E-state index contributed by atoms with van der Waals surface area (Å²) in [5.74, 6) is 0.652. The van der Waals surface area contributed by atoms with Crippen molar-refractivity contribution in [1.82, 2.24) is 0 Å². The van der Waals surface area contributed by atoms with Crippen molar-refractivity contribution in [3.8, 4) is 0 Å². The van der Waals surface area contributed by atoms with E-state index >= 15 is 0 Å². The van der Waals surface area contributed by atoms with Crippen molar-refractivity contribution in [1.29, 1.82) is 0 Å². The Morgan fingerprint density at radius 2 is 2.14 bits per heavy atom. The van der Waals surface area contributed by atoms with Crippen LogP contribution in [0.15, 0.2) is 11.8 Å². The quantitative estimate of drug-likeness (QED) is 0.707. The Hall–Kier alpha value is -0.540. The summed E-state index contributed by atoms with van der Waals surface area (Å²) in [6.45, 7) is 6.79. The van der Waals surface area contributed by atoms with E-state index in [0.717, 1.165) is 12.8 Å². The van der Waals surface area contributed by atoms with Crippen molar-refractivity contribution in [3.63, 3.8) is 0 Å². The van der Waals surface area contributed by atoms with Crippen LogP contribution in [0, 0.1) is 5.41 Å². The zero-order chi connectivity index (χ0) is 10.8. The van der Waals surface area contributed by atoms with Crippen LogP contribution in [0.5, 0.6) is 0 Å². The molecule has 0 spiro atoms. The van der Waals surface area contributed by atoms with E-state index in [1.54, 1.807) is 0 Å². The third kappa shape index (κ3) is 1.93. The fourth-order valence-corrected chi connectivity index (χ4v) is 1.62. The summed E-state index contributed by atoms with van der Waals surface area (Å²) >= 11 is 0. The van der Waals surface area contributed by atoms with Crippen molar-refractivity contribution in [2.75, 3.05) is 13.2 Å². The smallest absolute Gasteiger partial charge is 0.138 e. The summed E-state index contributed by atoms with van der Waals surface area (Å²) in [6, 6.07) is 0. The number of hydrogen-bond donors (Lipinski definition) is 2. The fourth-order valence-electron chi connectivity index (χ4n) is 1.62. The Bertz CT molecular complexity index is 230. The van der Waals surface area contributed by atoms with Gasteiger partial charge >= 0.3 is 0 Å². The van der Waals surface area contributed by atoms with E-state index in [9.17, 15) is 5.11 Å². The molecule has 0 aromatic heterocycles. The average molecular weight is 199 g/mol. The molecule has 0 fully saturated rings. The van der Waals surface area contributed by atoms with Crippen molar-refractivity contribution < 1.29 is 9.84 Å². The van der Waals surface area contributed by atoms with Crippen molar-refractivity contribution in [2.45, 2.75) is 39.2 Å². The Morgan fingerprint density at radius 3 is 2.50 bits per heavy atom. The van der Waals surface area contributed by atoms with Gasteiger partial charge in [-0.3, -0.25) is 0 Å². The molecule has 14 heavy (non-hydrogen) atoms. The van der Waals surface area contributed by atoms with Gasteiger partial charge in [0.25, 0.3) is 0 Å². The second kappa shape index (κ2) is 3.91. The van der Waals surface area contributed by atoms with Gasteiger partial charge in [0.1, 0.15) is 11.4 Å². The topological polar surface area (TPSA) is 55.5 Å². The van der Waals surface area contributed by atoms with E-state index in [-0.39, 0.29) is 12.0 Å². The van der Waals surface area contributed by atoms with Crippen LogP contribution in [0.2, 0.25) is 0 Å². The van der Waals surface area contributed by atoms with Gasteiger partial charge in [-0.15, -0.1) is 0 Å². The van der Waals surface area contributed by atoms with Gasteiger partial charge in [0.15, 0.2) is 0 Å². The molecule has 0 aromatic carbocycles. The van der Waals surface area contributed by atoms with Crippen LogP contribution in [0.25, 0.3) is 0 Å². The molecule has 0 radical (unpaired) electrons. The van der Waals surface area contributed by atoms with Gasteiger partial charge in [0.05, 0.1) is 6.61 Å². The van der Waals surface area contributed by atoms with E-state index in [1.807, 2.05) is 26.8 Å².